The number of nitrogens with zero attached hydrogens (tertiary/aromatic N) is 2. The molecule has 1 saturated carbocycles. The number of aromatic nitrogens is 2. The number of nitrogens with two attached hydrogens (primary N) is 1. The summed E-state index contributed by atoms with van der Waals surface area (Å²) in [4.78, 5) is 0. The molecule has 102 valence electrons. The zero-order valence-electron chi connectivity index (χ0n) is 12.0. The van der Waals surface area contributed by atoms with Crippen molar-refractivity contribution >= 4 is 11.5 Å². The van der Waals surface area contributed by atoms with Gasteiger partial charge in [0.15, 0.2) is 0 Å². The lowest BCUT2D eigenvalue weighted by Gasteiger charge is -2.18. The van der Waals surface area contributed by atoms with Gasteiger partial charge in [0, 0.05) is 13.1 Å². The van der Waals surface area contributed by atoms with Crippen LogP contribution in [0, 0.1) is 5.92 Å². The summed E-state index contributed by atoms with van der Waals surface area (Å²) in [6.45, 7) is 6.49. The predicted octanol–water partition coefficient (Wildman–Crippen LogP) is 3.12. The molecule has 0 bridgehead atoms. The maximum Gasteiger partial charge on any atom is 0.148 e. The first-order chi connectivity index (χ1) is 8.52. The molecule has 1 atom stereocenters. The van der Waals surface area contributed by atoms with Gasteiger partial charge in [-0.05, 0) is 24.7 Å². The van der Waals surface area contributed by atoms with E-state index in [0.29, 0.717) is 12.0 Å². The van der Waals surface area contributed by atoms with Gasteiger partial charge in [-0.15, -0.1) is 0 Å². The first kappa shape index (κ1) is 13.2. The second-order valence-corrected chi connectivity index (χ2v) is 5.85. The lowest BCUT2D eigenvalue weighted by molar-refractivity contribution is 0.579. The van der Waals surface area contributed by atoms with E-state index in [1.807, 2.05) is 11.7 Å². The monoisotopic (exact) mass is 250 g/mol. The topological polar surface area (TPSA) is 55.9 Å². The fraction of sp³-hybridized carbons (Fsp3) is 0.786. The van der Waals surface area contributed by atoms with E-state index in [9.17, 15) is 0 Å². The van der Waals surface area contributed by atoms with Gasteiger partial charge in [-0.2, -0.15) is 5.10 Å². The molecule has 2 rings (SSSR count). The zero-order valence-corrected chi connectivity index (χ0v) is 12.0. The maximum atomic E-state index is 6.21. The lowest BCUT2D eigenvalue weighted by Crippen LogP contribution is -2.21. The minimum atomic E-state index is 0.371. The van der Waals surface area contributed by atoms with E-state index in [2.05, 4.69) is 31.2 Å². The van der Waals surface area contributed by atoms with Crippen LogP contribution in [0.1, 0.15) is 58.1 Å². The molecule has 0 aromatic carbocycles. The molecule has 4 nitrogen and oxygen atoms in total. The molecule has 0 amide bonds. The minimum Gasteiger partial charge on any atom is -0.394 e. The van der Waals surface area contributed by atoms with Crippen molar-refractivity contribution in [2.24, 2.45) is 13.0 Å². The second kappa shape index (κ2) is 5.21. The molecule has 0 spiro atoms. The van der Waals surface area contributed by atoms with E-state index in [0.717, 1.165) is 29.5 Å². The Kier molecular flexibility index (Phi) is 3.83. The zero-order chi connectivity index (χ0) is 13.3. The second-order valence-electron chi connectivity index (χ2n) is 5.85. The molecule has 1 aliphatic rings. The van der Waals surface area contributed by atoms with E-state index in [1.165, 1.54) is 19.3 Å². The molecule has 1 aromatic rings. The van der Waals surface area contributed by atoms with Gasteiger partial charge in [-0.25, -0.2) is 0 Å². The first-order valence-electron chi connectivity index (χ1n) is 7.11. The standard InChI is InChI=1S/C14H26N4/c1-5-11(8-10-6-7-10)16-14-12(15)13(9(2)3)17-18(14)4/h9-11,16H,5-8,15H2,1-4H3. The highest BCUT2D eigenvalue weighted by Gasteiger charge is 2.26. The smallest absolute Gasteiger partial charge is 0.148 e. The Morgan fingerprint density at radius 2 is 2.11 bits per heavy atom. The molecule has 4 heteroatoms. The number of hydrogen-bond acceptors (Lipinski definition) is 3. The van der Waals surface area contributed by atoms with Crippen molar-refractivity contribution in [1.29, 1.82) is 0 Å². The van der Waals surface area contributed by atoms with Gasteiger partial charge in [-0.1, -0.05) is 33.6 Å². The molecular weight excluding hydrogens is 224 g/mol. The maximum absolute atomic E-state index is 6.21. The number of nitrogens with one attached hydrogen (secondary N) is 1. The Labute approximate surface area is 110 Å². The molecule has 0 aliphatic heterocycles. The number of rotatable bonds is 6. The minimum absolute atomic E-state index is 0.371. The SMILES string of the molecule is CCC(CC1CC1)Nc1c(N)c(C(C)C)nn1C. The van der Waals surface area contributed by atoms with Crippen LogP contribution < -0.4 is 11.1 Å². The molecule has 0 radical (unpaired) electrons. The Hall–Kier alpha value is -1.19. The lowest BCUT2D eigenvalue weighted by atomic mass is 10.1. The Bertz CT molecular complexity index is 404. The van der Waals surface area contributed by atoms with Gasteiger partial charge >= 0.3 is 0 Å². The summed E-state index contributed by atoms with van der Waals surface area (Å²) < 4.78 is 1.89. The molecule has 18 heavy (non-hydrogen) atoms. The average Bonchev–Trinajstić information content (AvgIpc) is 3.08. The van der Waals surface area contributed by atoms with Crippen molar-refractivity contribution in [1.82, 2.24) is 9.78 Å². The van der Waals surface area contributed by atoms with Crippen LogP contribution in [0.2, 0.25) is 0 Å². The third kappa shape index (κ3) is 2.79. The van der Waals surface area contributed by atoms with Gasteiger partial charge in [0.25, 0.3) is 0 Å². The quantitative estimate of drug-likeness (QED) is 0.815. The summed E-state index contributed by atoms with van der Waals surface area (Å²) in [5, 5.41) is 8.11. The van der Waals surface area contributed by atoms with Gasteiger partial charge in [0.05, 0.1) is 11.4 Å². The van der Waals surface area contributed by atoms with Crippen molar-refractivity contribution in [3.8, 4) is 0 Å². The number of anilines is 2. The van der Waals surface area contributed by atoms with Crippen molar-refractivity contribution in [3.63, 3.8) is 0 Å². The van der Waals surface area contributed by atoms with Crippen LogP contribution in [0.3, 0.4) is 0 Å². The molecule has 0 saturated heterocycles. The normalized spacial score (nSPS) is 17.2. The number of aryl methyl sites for hydroxylation is 1. The highest BCUT2D eigenvalue weighted by atomic mass is 15.3. The van der Waals surface area contributed by atoms with Crippen molar-refractivity contribution in [3.05, 3.63) is 5.69 Å². The average molecular weight is 250 g/mol. The van der Waals surface area contributed by atoms with Crippen LogP contribution in [0.5, 0.6) is 0 Å². The molecule has 1 aliphatic carbocycles. The Morgan fingerprint density at radius 3 is 2.56 bits per heavy atom. The van der Waals surface area contributed by atoms with Crippen LogP contribution in [0.4, 0.5) is 11.5 Å². The fourth-order valence-electron chi connectivity index (χ4n) is 2.44. The molecule has 1 heterocycles. The van der Waals surface area contributed by atoms with Crippen molar-refractivity contribution < 1.29 is 0 Å². The van der Waals surface area contributed by atoms with Crippen LogP contribution in [-0.4, -0.2) is 15.8 Å². The van der Waals surface area contributed by atoms with Crippen molar-refractivity contribution in [2.75, 3.05) is 11.1 Å². The van der Waals surface area contributed by atoms with E-state index in [4.69, 9.17) is 5.73 Å². The molecule has 1 aromatic heterocycles. The van der Waals surface area contributed by atoms with E-state index < -0.39 is 0 Å². The van der Waals surface area contributed by atoms with Gasteiger partial charge in [0.2, 0.25) is 0 Å². The third-order valence-corrected chi connectivity index (χ3v) is 3.81. The number of hydrogen-bond donors (Lipinski definition) is 2. The molecule has 3 N–H and O–H groups in total. The summed E-state index contributed by atoms with van der Waals surface area (Å²) in [5.74, 6) is 2.29. The summed E-state index contributed by atoms with van der Waals surface area (Å²) in [5.41, 5.74) is 8.03. The summed E-state index contributed by atoms with van der Waals surface area (Å²) >= 11 is 0. The van der Waals surface area contributed by atoms with Crippen LogP contribution >= 0.6 is 0 Å². The Balaban J connectivity index is 2.11. The van der Waals surface area contributed by atoms with E-state index >= 15 is 0 Å². The van der Waals surface area contributed by atoms with Gasteiger partial charge in [0.1, 0.15) is 5.82 Å². The van der Waals surface area contributed by atoms with E-state index in [-0.39, 0.29) is 0 Å². The van der Waals surface area contributed by atoms with Gasteiger partial charge < -0.3 is 11.1 Å². The first-order valence-corrected chi connectivity index (χ1v) is 7.11. The van der Waals surface area contributed by atoms with Gasteiger partial charge in [-0.3, -0.25) is 4.68 Å². The number of nitrogen functional groups attached to an aromatic ring is 1. The van der Waals surface area contributed by atoms with E-state index in [1.54, 1.807) is 0 Å². The molecular formula is C14H26N4. The van der Waals surface area contributed by atoms with Crippen LogP contribution in [-0.2, 0) is 7.05 Å². The predicted molar refractivity (Wildman–Crippen MR) is 76.8 cm³/mol. The summed E-state index contributed by atoms with van der Waals surface area (Å²) in [7, 11) is 1.97. The summed E-state index contributed by atoms with van der Waals surface area (Å²) in [6.07, 6.45) is 5.20. The molecule has 1 fully saturated rings. The highest BCUT2D eigenvalue weighted by Crippen LogP contribution is 2.36. The van der Waals surface area contributed by atoms with Crippen LogP contribution in [0.25, 0.3) is 0 Å². The summed E-state index contributed by atoms with van der Waals surface area (Å²) in [6, 6.07) is 0.523. The largest absolute Gasteiger partial charge is 0.394 e. The Morgan fingerprint density at radius 1 is 1.44 bits per heavy atom. The van der Waals surface area contributed by atoms with Crippen LogP contribution in [0.15, 0.2) is 0 Å². The third-order valence-electron chi connectivity index (χ3n) is 3.81. The van der Waals surface area contributed by atoms with Crippen molar-refractivity contribution in [2.45, 2.75) is 58.4 Å². The highest BCUT2D eigenvalue weighted by molar-refractivity contribution is 5.66. The fourth-order valence-corrected chi connectivity index (χ4v) is 2.44. The molecule has 1 unspecified atom stereocenters.